The topological polar surface area (TPSA) is 591 Å². The van der Waals surface area contributed by atoms with Crippen LogP contribution in [-0.2, 0) is 89.6 Å². The first-order valence-corrected chi connectivity index (χ1v) is 34.5. The van der Waals surface area contributed by atoms with Crippen LogP contribution in [0.25, 0.3) is 0 Å². The Bertz CT molecular complexity index is 3710. The van der Waals surface area contributed by atoms with Gasteiger partial charge in [0.25, 0.3) is 0 Å². The predicted molar refractivity (Wildman–Crippen MR) is 368 cm³/mol. The van der Waals surface area contributed by atoms with Gasteiger partial charge in [-0.2, -0.15) is 39.5 Å². The first-order chi connectivity index (χ1) is 52.6. The number of halogens is 9. The number of nitrogens with two attached hydrogens (primary N) is 2. The molecule has 1 unspecified atom stereocenters. The fourth-order valence-corrected chi connectivity index (χ4v) is 10.6. The van der Waals surface area contributed by atoms with Crippen molar-refractivity contribution in [1.82, 2.24) is 79.8 Å². The van der Waals surface area contributed by atoms with Crippen LogP contribution in [0.2, 0.25) is 0 Å². The maximum Gasteiger partial charge on any atom is 0.471 e. The number of nitrogens with one attached hydrogen (secondary N) is 15. The van der Waals surface area contributed by atoms with Crippen LogP contribution in [0.3, 0.4) is 0 Å². The minimum atomic E-state index is -5.56. The lowest BCUT2D eigenvalue weighted by molar-refractivity contribution is -0.174. The van der Waals surface area contributed by atoms with E-state index >= 15 is 0 Å². The number of hydrogen-bond donors (Lipinski definition) is 20. The van der Waals surface area contributed by atoms with Gasteiger partial charge in [0.1, 0.15) is 48.5 Å². The summed E-state index contributed by atoms with van der Waals surface area (Å²) in [6.45, 7) is -3.51. The van der Waals surface area contributed by atoms with Gasteiger partial charge < -0.3 is 90.6 Å². The molecule has 0 bridgehead atoms. The highest BCUT2D eigenvalue weighted by Crippen LogP contribution is 2.19. The Morgan fingerprint density at radius 3 is 1.30 bits per heavy atom. The summed E-state index contributed by atoms with van der Waals surface area (Å²) in [7, 11) is 0. The molecule has 2 heterocycles. The second-order valence-electron chi connectivity index (χ2n) is 25.2. The van der Waals surface area contributed by atoms with Crippen LogP contribution in [0.1, 0.15) is 101 Å². The molecular formula is C65H86F9N19O19. The average Bonchev–Trinajstić information content (AvgIpc) is 1.56. The van der Waals surface area contributed by atoms with E-state index in [0.717, 1.165) is 0 Å². The van der Waals surface area contributed by atoms with Gasteiger partial charge in [0.15, 0.2) is 11.9 Å². The summed E-state index contributed by atoms with van der Waals surface area (Å²) < 4.78 is 118. The molecule has 2 aromatic carbocycles. The van der Waals surface area contributed by atoms with E-state index in [1.807, 2.05) is 0 Å². The molecular weight excluding hydrogens is 1520 g/mol. The molecule has 14 amide bonds. The van der Waals surface area contributed by atoms with Crippen molar-refractivity contribution in [2.75, 3.05) is 39.3 Å². The Morgan fingerprint density at radius 1 is 0.464 bits per heavy atom. The largest absolute Gasteiger partial charge is 0.481 e. The number of aliphatic carboxylic acids is 2. The molecule has 0 spiro atoms. The van der Waals surface area contributed by atoms with E-state index < -0.39 is 263 Å². The lowest BCUT2D eigenvalue weighted by atomic mass is 10.0. The van der Waals surface area contributed by atoms with E-state index in [1.54, 1.807) is 48.5 Å². The fraction of sp³-hybridized carbons (Fsp3) is 0.538. The Balaban J connectivity index is 1.52. The van der Waals surface area contributed by atoms with Crippen LogP contribution in [0.5, 0.6) is 0 Å². The van der Waals surface area contributed by atoms with Crippen molar-refractivity contribution in [2.24, 2.45) is 21.5 Å². The number of aliphatic hydroxyl groups is 1. The molecule has 0 saturated carbocycles. The van der Waals surface area contributed by atoms with Gasteiger partial charge in [0.2, 0.25) is 65.0 Å². The maximum atomic E-state index is 14.3. The Hall–Kier alpha value is -11.8. The standard InChI is InChI=1S/C65H86F9N19O19/c66-63(67,68)58(110)91-39(49(101)78-24-10-8-18-38-53(105)86-36(20-12-26-80-62(76)93-60(112)65(72,73)74)51(103)82-32-46(96)84-43(30-48(99)100)57(109)90-41(55(107)88-38)28-34-15-5-2-6-16-34)21-22-44(94)77-23-9-7-17-37-52(104)85-35(19-11-25-79-61(75)92-59(111)64(69,70)71)50(102)81-31-45(95)83-42(29-47(97)98)56(108)89-40(54(106)87-37)27-33-13-3-1-4-14-33/h1-6,13-16,35-43,54,87,106H,7-12,17-32H2,(H,77,94)(H,78,101)(H,81,102)(H,82,103)(H,83,95)(H,84,96)(H,85,104)(H,86,105)(H,88,107)(H,89,108)(H,90,109)(H,91,110)(H,97,98)(H,99,100)(H3,75,79,92,111)(H3,76,80,93,112)/t35-,36-,37-,38-,39-,40+,41+,42-,43-,54?/m0/s1. The van der Waals surface area contributed by atoms with Gasteiger partial charge in [-0.1, -0.05) is 60.7 Å². The molecule has 22 N–H and O–H groups in total. The summed E-state index contributed by atoms with van der Waals surface area (Å²) in [5, 5.41) is 63.5. The van der Waals surface area contributed by atoms with Crippen LogP contribution >= 0.6 is 0 Å². The highest BCUT2D eigenvalue weighted by atomic mass is 19.4. The van der Waals surface area contributed by atoms with E-state index in [0.29, 0.717) is 11.1 Å². The molecule has 0 radical (unpaired) electrons. The van der Waals surface area contributed by atoms with Crippen molar-refractivity contribution >= 4 is 107 Å². The molecule has 0 aromatic heterocycles. The van der Waals surface area contributed by atoms with Crippen LogP contribution < -0.4 is 91.2 Å². The Labute approximate surface area is 630 Å². The number of aliphatic hydroxyl groups excluding tert-OH is 1. The SMILES string of the molecule is NC(=NCCC[C@@H]1NC(=O)[C@H](CCCCNC(=O)[C@H](CCC(=O)NCCCC[C@@H]2NC(O)[C@@H](Cc3ccccc3)NC(=O)[C@H](CC(=O)O)NC(=O)CNC(=O)[C@H](CCCN=C(N)NC(=O)C(F)(F)F)NC2=O)NC(=O)C(F)(F)F)NC(=O)[C@@H](Cc2ccccc2)NC(=O)[C@H](CC(=O)O)NC(=O)CNC1=O)NC(=O)C(F)(F)F. The quantitative estimate of drug-likeness (QED) is 0.0146. The van der Waals surface area contributed by atoms with Crippen molar-refractivity contribution in [3.05, 3.63) is 71.8 Å². The van der Waals surface area contributed by atoms with Crippen molar-refractivity contribution in [3.8, 4) is 0 Å². The van der Waals surface area contributed by atoms with Gasteiger partial charge in [-0.15, -0.1) is 0 Å². The monoisotopic (exact) mass is 1610 g/mol. The summed E-state index contributed by atoms with van der Waals surface area (Å²) in [4.78, 5) is 216. The zero-order valence-corrected chi connectivity index (χ0v) is 59.4. The summed E-state index contributed by atoms with van der Waals surface area (Å²) >= 11 is 0. The van der Waals surface area contributed by atoms with Gasteiger partial charge >= 0.3 is 48.2 Å². The van der Waals surface area contributed by atoms with Gasteiger partial charge in [-0.25, -0.2) is 0 Å². The molecule has 0 aliphatic carbocycles. The third-order valence-corrected chi connectivity index (χ3v) is 16.3. The van der Waals surface area contributed by atoms with Crippen LogP contribution in [0.4, 0.5) is 39.5 Å². The molecule has 2 fully saturated rings. The Morgan fingerprint density at radius 2 is 0.848 bits per heavy atom. The van der Waals surface area contributed by atoms with Crippen LogP contribution in [-0.4, -0.2) is 240 Å². The third-order valence-electron chi connectivity index (χ3n) is 16.3. The summed E-state index contributed by atoms with van der Waals surface area (Å²) in [5.74, 6) is -24.8. The van der Waals surface area contributed by atoms with E-state index in [9.17, 15) is 132 Å². The highest BCUT2D eigenvalue weighted by Gasteiger charge is 2.43. The first kappa shape index (κ1) is 92.6. The van der Waals surface area contributed by atoms with Gasteiger partial charge in [0.05, 0.1) is 38.0 Å². The molecule has 2 aliphatic heterocycles. The Kier molecular flexibility index (Phi) is 37.5. The van der Waals surface area contributed by atoms with Crippen molar-refractivity contribution in [3.63, 3.8) is 0 Å². The minimum absolute atomic E-state index is 0.0410. The number of carboxylic acid groups (broad SMARTS) is 2. The molecule has 10 atom stereocenters. The average molecular weight is 1610 g/mol. The number of hydrogen-bond acceptors (Lipinski definition) is 20. The van der Waals surface area contributed by atoms with Gasteiger partial charge in [0, 0.05) is 39.0 Å². The molecule has 4 rings (SSSR count). The lowest BCUT2D eigenvalue weighted by Crippen LogP contribution is -2.60. The number of rotatable bonds is 31. The van der Waals surface area contributed by atoms with E-state index in [4.69, 9.17) is 11.5 Å². The normalized spacial score (nSPS) is 21.5. The third kappa shape index (κ3) is 34.8. The zero-order valence-electron chi connectivity index (χ0n) is 59.4. The number of alkyl halides is 9. The van der Waals surface area contributed by atoms with Gasteiger partial charge in [-0.05, 0) is 88.2 Å². The molecule has 2 aromatic rings. The number of carbonyl (C=O) groups excluding carboxylic acids is 14. The molecule has 2 aliphatic rings. The van der Waals surface area contributed by atoms with E-state index in [1.165, 1.54) is 28.1 Å². The summed E-state index contributed by atoms with van der Waals surface area (Å²) in [6.07, 6.45) is -24.8. The second-order valence-corrected chi connectivity index (χ2v) is 25.2. The van der Waals surface area contributed by atoms with E-state index in [-0.39, 0.29) is 64.3 Å². The number of guanidine groups is 2. The molecule has 618 valence electrons. The van der Waals surface area contributed by atoms with Crippen molar-refractivity contribution in [1.29, 1.82) is 0 Å². The van der Waals surface area contributed by atoms with Crippen molar-refractivity contribution < 1.29 is 132 Å². The van der Waals surface area contributed by atoms with Crippen LogP contribution in [0.15, 0.2) is 70.6 Å². The number of benzene rings is 2. The first-order valence-electron chi connectivity index (χ1n) is 34.5. The summed E-state index contributed by atoms with van der Waals surface area (Å²) in [5.41, 5.74) is 11.7. The van der Waals surface area contributed by atoms with Crippen molar-refractivity contribution in [2.45, 2.75) is 182 Å². The fourth-order valence-electron chi connectivity index (χ4n) is 10.6. The lowest BCUT2D eigenvalue weighted by Gasteiger charge is -2.30. The molecule has 112 heavy (non-hydrogen) atoms. The maximum absolute atomic E-state index is 14.3. The number of amides is 14. The number of nitrogens with zero attached hydrogens (tertiary/aromatic N) is 2. The second kappa shape index (κ2) is 45.4. The molecule has 2 saturated heterocycles. The number of carbonyl (C=O) groups is 16. The summed E-state index contributed by atoms with van der Waals surface area (Å²) in [6, 6.07) is 0.554. The van der Waals surface area contributed by atoms with Gasteiger partial charge in [-0.3, -0.25) is 103 Å². The smallest absolute Gasteiger partial charge is 0.471 e. The van der Waals surface area contributed by atoms with E-state index in [2.05, 4.69) is 73.8 Å². The van der Waals surface area contributed by atoms with Crippen LogP contribution in [0, 0.1) is 0 Å². The minimum Gasteiger partial charge on any atom is -0.481 e. The molecule has 47 heteroatoms. The predicted octanol–water partition coefficient (Wildman–Crippen LogP) is -4.70. The number of carboxylic acids is 2. The molecule has 38 nitrogen and oxygen atoms in total. The number of unbranched alkanes of at least 4 members (excludes halogenated alkanes) is 2. The zero-order chi connectivity index (χ0) is 83.5. The number of aliphatic imine (C=N–C) groups is 2. The highest BCUT2D eigenvalue weighted by molar-refractivity contribution is 6.01.